The maximum absolute atomic E-state index is 11.6. The van der Waals surface area contributed by atoms with E-state index in [1.807, 2.05) is 42.5 Å². The lowest BCUT2D eigenvalue weighted by Crippen LogP contribution is -2.16. The summed E-state index contributed by atoms with van der Waals surface area (Å²) in [5.74, 6) is 0.428. The Kier molecular flexibility index (Phi) is 5.34. The zero-order valence-electron chi connectivity index (χ0n) is 11.7. The minimum absolute atomic E-state index is 0.152. The Morgan fingerprint density at radius 2 is 1.86 bits per heavy atom. The average Bonchev–Trinajstić information content (AvgIpc) is 2.53. The smallest absolute Gasteiger partial charge is 0.265 e. The number of oxime groups is 1. The Hall–Kier alpha value is -2.82. The van der Waals surface area contributed by atoms with Crippen LogP contribution in [0.4, 0.5) is 5.69 Å². The van der Waals surface area contributed by atoms with Crippen LogP contribution >= 0.6 is 0 Å². The molecule has 1 amide bonds. The number of carbonyl (C=O) groups is 1. The largest absolute Gasteiger partial charge is 0.496 e. The molecule has 1 N–H and O–H groups in total. The van der Waals surface area contributed by atoms with Crippen molar-refractivity contribution in [3.63, 3.8) is 0 Å². The number of nitrogens with one attached hydrogen (secondary N) is 1. The van der Waals surface area contributed by atoms with Gasteiger partial charge >= 0.3 is 0 Å². The molecule has 0 fully saturated rings. The molecule has 0 radical (unpaired) electrons. The molecule has 0 atom stereocenters. The van der Waals surface area contributed by atoms with Crippen molar-refractivity contribution >= 4 is 17.8 Å². The number of hydrogen-bond donors (Lipinski definition) is 1. The molecule has 0 spiro atoms. The van der Waals surface area contributed by atoms with Crippen LogP contribution in [0, 0.1) is 0 Å². The van der Waals surface area contributed by atoms with E-state index in [1.165, 1.54) is 6.21 Å². The second-order valence-corrected chi connectivity index (χ2v) is 4.16. The van der Waals surface area contributed by atoms with E-state index in [-0.39, 0.29) is 12.5 Å². The number of hydrogen-bond acceptors (Lipinski definition) is 4. The van der Waals surface area contributed by atoms with Gasteiger partial charge in [0.2, 0.25) is 0 Å². The second kappa shape index (κ2) is 7.69. The quantitative estimate of drug-likeness (QED) is 0.655. The van der Waals surface area contributed by atoms with E-state index < -0.39 is 0 Å². The monoisotopic (exact) mass is 284 g/mol. The van der Waals surface area contributed by atoms with Crippen molar-refractivity contribution in [1.29, 1.82) is 0 Å². The molecule has 0 heterocycles. The fourth-order valence-electron chi connectivity index (χ4n) is 1.68. The third kappa shape index (κ3) is 4.65. The summed E-state index contributed by atoms with van der Waals surface area (Å²) in [5.41, 5.74) is 1.50. The zero-order chi connectivity index (χ0) is 14.9. The molecule has 0 bridgehead atoms. The fourth-order valence-corrected chi connectivity index (χ4v) is 1.68. The van der Waals surface area contributed by atoms with Crippen LogP contribution in [0.15, 0.2) is 59.8 Å². The Morgan fingerprint density at radius 3 is 2.62 bits per heavy atom. The van der Waals surface area contributed by atoms with Crippen molar-refractivity contribution in [2.75, 3.05) is 19.0 Å². The van der Waals surface area contributed by atoms with E-state index in [4.69, 9.17) is 9.57 Å². The lowest BCUT2D eigenvalue weighted by atomic mass is 10.2. The van der Waals surface area contributed by atoms with E-state index >= 15 is 0 Å². The van der Waals surface area contributed by atoms with Gasteiger partial charge in [0, 0.05) is 11.3 Å². The van der Waals surface area contributed by atoms with E-state index in [0.29, 0.717) is 5.75 Å². The SMILES string of the molecule is COc1ccccc1/C=N\OCC(=O)Nc1ccccc1. The van der Waals surface area contributed by atoms with Gasteiger partial charge in [0.05, 0.1) is 13.3 Å². The van der Waals surface area contributed by atoms with E-state index in [2.05, 4.69) is 10.5 Å². The number of amides is 1. The van der Waals surface area contributed by atoms with Crippen molar-refractivity contribution in [2.45, 2.75) is 0 Å². The van der Waals surface area contributed by atoms with Gasteiger partial charge in [-0.25, -0.2) is 0 Å². The van der Waals surface area contributed by atoms with Crippen molar-refractivity contribution in [2.24, 2.45) is 5.16 Å². The van der Waals surface area contributed by atoms with Crippen molar-refractivity contribution in [3.8, 4) is 5.75 Å². The van der Waals surface area contributed by atoms with Crippen LogP contribution in [0.1, 0.15) is 5.56 Å². The number of nitrogens with zero attached hydrogens (tertiary/aromatic N) is 1. The highest BCUT2D eigenvalue weighted by Crippen LogP contribution is 2.14. The van der Waals surface area contributed by atoms with Gasteiger partial charge in [-0.3, -0.25) is 4.79 Å². The highest BCUT2D eigenvalue weighted by molar-refractivity contribution is 5.91. The summed E-state index contributed by atoms with van der Waals surface area (Å²) >= 11 is 0. The van der Waals surface area contributed by atoms with Gasteiger partial charge in [-0.2, -0.15) is 0 Å². The van der Waals surface area contributed by atoms with Crippen molar-refractivity contribution in [1.82, 2.24) is 0 Å². The lowest BCUT2D eigenvalue weighted by molar-refractivity contribution is -0.120. The maximum Gasteiger partial charge on any atom is 0.265 e. The topological polar surface area (TPSA) is 59.9 Å². The van der Waals surface area contributed by atoms with E-state index in [1.54, 1.807) is 19.2 Å². The summed E-state index contributed by atoms with van der Waals surface area (Å²) in [5, 5.41) is 6.47. The predicted octanol–water partition coefficient (Wildman–Crippen LogP) is 2.68. The van der Waals surface area contributed by atoms with E-state index in [0.717, 1.165) is 11.3 Å². The zero-order valence-corrected chi connectivity index (χ0v) is 11.7. The molecule has 0 unspecified atom stereocenters. The van der Waals surface area contributed by atoms with Crippen LogP contribution in [0.5, 0.6) is 5.75 Å². The molecule has 0 aliphatic rings. The van der Waals surface area contributed by atoms with Crippen LogP contribution in [-0.4, -0.2) is 25.8 Å². The first-order chi connectivity index (χ1) is 10.3. The van der Waals surface area contributed by atoms with Crippen LogP contribution in [0.25, 0.3) is 0 Å². The van der Waals surface area contributed by atoms with Gasteiger partial charge < -0.3 is 14.9 Å². The number of rotatable bonds is 6. The number of benzene rings is 2. The number of para-hydroxylation sites is 2. The third-order valence-corrected chi connectivity index (χ3v) is 2.66. The first-order valence-electron chi connectivity index (χ1n) is 6.43. The number of anilines is 1. The molecule has 108 valence electrons. The summed E-state index contributed by atoms with van der Waals surface area (Å²) < 4.78 is 5.18. The Bertz CT molecular complexity index is 612. The maximum atomic E-state index is 11.6. The molecule has 5 heteroatoms. The molecule has 2 rings (SSSR count). The van der Waals surface area contributed by atoms with Crippen LogP contribution in [0.3, 0.4) is 0 Å². The summed E-state index contributed by atoms with van der Waals surface area (Å²) in [4.78, 5) is 16.6. The molecule has 21 heavy (non-hydrogen) atoms. The summed E-state index contributed by atoms with van der Waals surface area (Å²) in [7, 11) is 1.58. The minimum Gasteiger partial charge on any atom is -0.496 e. The van der Waals surface area contributed by atoms with Gasteiger partial charge in [-0.1, -0.05) is 35.5 Å². The number of carbonyl (C=O) groups excluding carboxylic acids is 1. The number of ether oxygens (including phenoxy) is 1. The van der Waals surface area contributed by atoms with Crippen LogP contribution in [-0.2, 0) is 9.63 Å². The van der Waals surface area contributed by atoms with Crippen molar-refractivity contribution in [3.05, 3.63) is 60.2 Å². The normalized spacial score (nSPS) is 10.3. The summed E-state index contributed by atoms with van der Waals surface area (Å²) in [6, 6.07) is 16.6. The molecule has 0 aromatic heterocycles. The van der Waals surface area contributed by atoms with Crippen molar-refractivity contribution < 1.29 is 14.4 Å². The molecule has 2 aromatic carbocycles. The Labute approximate surface area is 123 Å². The van der Waals surface area contributed by atoms with Gasteiger partial charge in [0.15, 0.2) is 6.61 Å². The molecule has 0 aliphatic carbocycles. The minimum atomic E-state index is -0.265. The molecule has 0 saturated heterocycles. The Balaban J connectivity index is 1.81. The van der Waals surface area contributed by atoms with Gasteiger partial charge in [0.25, 0.3) is 5.91 Å². The lowest BCUT2D eigenvalue weighted by Gasteiger charge is -2.04. The standard InChI is InChI=1S/C16H16N2O3/c1-20-15-10-6-5-7-13(15)11-17-21-12-16(19)18-14-8-3-2-4-9-14/h2-11H,12H2,1H3,(H,18,19)/b17-11-. The highest BCUT2D eigenvalue weighted by atomic mass is 16.6. The molecule has 0 saturated carbocycles. The Morgan fingerprint density at radius 1 is 1.14 bits per heavy atom. The van der Waals surface area contributed by atoms with Gasteiger partial charge in [-0.05, 0) is 24.3 Å². The summed E-state index contributed by atoms with van der Waals surface area (Å²) in [6.45, 7) is -0.152. The third-order valence-electron chi connectivity index (χ3n) is 2.66. The first-order valence-corrected chi connectivity index (χ1v) is 6.43. The molecule has 5 nitrogen and oxygen atoms in total. The summed E-state index contributed by atoms with van der Waals surface area (Å²) in [6.07, 6.45) is 1.51. The van der Waals surface area contributed by atoms with Crippen LogP contribution in [0.2, 0.25) is 0 Å². The molecule has 2 aromatic rings. The number of methoxy groups -OCH3 is 1. The molecule has 0 aliphatic heterocycles. The first kappa shape index (κ1) is 14.6. The van der Waals surface area contributed by atoms with Gasteiger partial charge in [-0.15, -0.1) is 0 Å². The van der Waals surface area contributed by atoms with Crippen LogP contribution < -0.4 is 10.1 Å². The highest BCUT2D eigenvalue weighted by Gasteiger charge is 2.02. The molecular weight excluding hydrogens is 268 g/mol. The van der Waals surface area contributed by atoms with Gasteiger partial charge in [0.1, 0.15) is 5.75 Å². The molecular formula is C16H16N2O3. The van der Waals surface area contributed by atoms with E-state index in [9.17, 15) is 4.79 Å². The second-order valence-electron chi connectivity index (χ2n) is 4.16. The average molecular weight is 284 g/mol. The fraction of sp³-hybridized carbons (Fsp3) is 0.125. The predicted molar refractivity (Wildman–Crippen MR) is 81.6 cm³/mol.